The lowest BCUT2D eigenvalue weighted by Crippen LogP contribution is -2.38. The lowest BCUT2D eigenvalue weighted by atomic mass is 10.1. The molecule has 3 aromatic rings. The summed E-state index contributed by atoms with van der Waals surface area (Å²) in [5.41, 5.74) is 6.70. The molecule has 0 saturated heterocycles. The average molecular weight is 513 g/mol. The van der Waals surface area contributed by atoms with Crippen LogP contribution in [0.5, 0.6) is 17.2 Å². The molecule has 0 fully saturated rings. The van der Waals surface area contributed by atoms with Gasteiger partial charge in [-0.05, 0) is 62.2 Å². The summed E-state index contributed by atoms with van der Waals surface area (Å²) in [6, 6.07) is 12.9. The Bertz CT molecular complexity index is 1290. The maximum Gasteiger partial charge on any atom is 0.329 e. The average Bonchev–Trinajstić information content (AvgIpc) is 3.16. The van der Waals surface area contributed by atoms with Crippen LogP contribution in [0.25, 0.3) is 5.69 Å². The fraction of sp³-hybridized carbons (Fsp3) is 0.269. The Morgan fingerprint density at radius 2 is 1.64 bits per heavy atom. The number of methoxy groups -OCH3 is 3. The molecule has 190 valence electrons. The molecule has 2 N–H and O–H groups in total. The molecule has 10 heteroatoms. The first-order valence-corrected chi connectivity index (χ1v) is 11.5. The smallest absolute Gasteiger partial charge is 0.329 e. The summed E-state index contributed by atoms with van der Waals surface area (Å²) in [7, 11) is 4.68. The summed E-state index contributed by atoms with van der Waals surface area (Å²) in [4.78, 5) is 24.3. The van der Waals surface area contributed by atoms with Gasteiger partial charge in [0, 0.05) is 29.2 Å². The number of aryl methyl sites for hydroxylation is 1. The number of nitrogens with one attached hydrogen (secondary N) is 2. The Kier molecular flexibility index (Phi) is 8.97. The van der Waals surface area contributed by atoms with Crippen LogP contribution >= 0.6 is 11.6 Å². The van der Waals surface area contributed by atoms with Crippen molar-refractivity contribution >= 4 is 29.6 Å². The number of aromatic nitrogens is 1. The highest BCUT2D eigenvalue weighted by Gasteiger charge is 2.14. The summed E-state index contributed by atoms with van der Waals surface area (Å²) in [6.07, 6.45) is 2.02. The van der Waals surface area contributed by atoms with Crippen LogP contribution in [0.2, 0.25) is 5.02 Å². The Morgan fingerprint density at radius 3 is 2.31 bits per heavy atom. The van der Waals surface area contributed by atoms with Gasteiger partial charge >= 0.3 is 11.8 Å². The van der Waals surface area contributed by atoms with Crippen LogP contribution in [0, 0.1) is 13.8 Å². The molecule has 0 aliphatic heterocycles. The van der Waals surface area contributed by atoms with E-state index in [1.54, 1.807) is 33.5 Å². The van der Waals surface area contributed by atoms with Crippen molar-refractivity contribution in [1.29, 1.82) is 0 Å². The van der Waals surface area contributed by atoms with Gasteiger partial charge in [0.1, 0.15) is 5.75 Å². The van der Waals surface area contributed by atoms with Crippen molar-refractivity contribution < 1.29 is 23.8 Å². The van der Waals surface area contributed by atoms with E-state index in [2.05, 4.69) is 15.8 Å². The molecule has 0 bridgehead atoms. The number of halogens is 1. The molecule has 0 atom stereocenters. The second-order valence-corrected chi connectivity index (χ2v) is 8.28. The van der Waals surface area contributed by atoms with E-state index in [1.165, 1.54) is 6.21 Å². The Labute approximate surface area is 215 Å². The topological polar surface area (TPSA) is 103 Å². The van der Waals surface area contributed by atoms with E-state index in [-0.39, 0.29) is 6.54 Å². The molecule has 2 amide bonds. The van der Waals surface area contributed by atoms with Crippen LogP contribution < -0.4 is 25.0 Å². The van der Waals surface area contributed by atoms with Gasteiger partial charge in [0.15, 0.2) is 11.5 Å². The highest BCUT2D eigenvalue weighted by molar-refractivity contribution is 6.35. The number of carbonyl (C=O) groups excluding carboxylic acids is 2. The highest BCUT2D eigenvalue weighted by atomic mass is 35.5. The molecule has 1 heterocycles. The number of amides is 2. The predicted octanol–water partition coefficient (Wildman–Crippen LogP) is 3.58. The first-order chi connectivity index (χ1) is 17.3. The minimum atomic E-state index is -0.852. The summed E-state index contributed by atoms with van der Waals surface area (Å²) in [6.45, 7) is 4.15. The molecule has 0 saturated carbocycles. The Hall–Kier alpha value is -3.98. The number of hydrogen-bond acceptors (Lipinski definition) is 6. The molecule has 9 nitrogen and oxygen atoms in total. The normalized spacial score (nSPS) is 10.8. The van der Waals surface area contributed by atoms with E-state index < -0.39 is 11.8 Å². The maximum absolute atomic E-state index is 12.1. The fourth-order valence-electron chi connectivity index (χ4n) is 3.76. The summed E-state index contributed by atoms with van der Waals surface area (Å²) >= 11 is 6.28. The van der Waals surface area contributed by atoms with Gasteiger partial charge in [-0.3, -0.25) is 9.59 Å². The zero-order valence-electron chi connectivity index (χ0n) is 20.8. The second kappa shape index (κ2) is 12.1. The number of carbonyl (C=O) groups is 2. The number of benzene rings is 2. The van der Waals surface area contributed by atoms with Crippen molar-refractivity contribution in [3.63, 3.8) is 0 Å². The molecular weight excluding hydrogens is 484 g/mol. The Morgan fingerprint density at radius 1 is 0.944 bits per heavy atom. The minimum absolute atomic E-state index is 0.275. The van der Waals surface area contributed by atoms with Crippen LogP contribution in [0.1, 0.15) is 22.5 Å². The zero-order chi connectivity index (χ0) is 26.2. The standard InChI is InChI=1S/C26H29ClN4O5/c1-16-12-19(17(2)31(16)20-7-9-22(34-3)21(27)14-20)15-29-30-26(33)25(32)28-11-10-18-6-8-23(35-4)24(13-18)36-5/h6-9,12-15H,10-11H2,1-5H3,(H,28,32)(H,30,33)/b29-15-. The highest BCUT2D eigenvalue weighted by Crippen LogP contribution is 2.29. The van der Waals surface area contributed by atoms with Crippen LogP contribution in [-0.4, -0.2) is 50.5 Å². The van der Waals surface area contributed by atoms with Crippen molar-refractivity contribution in [2.75, 3.05) is 27.9 Å². The maximum atomic E-state index is 12.1. The predicted molar refractivity (Wildman–Crippen MR) is 139 cm³/mol. The number of rotatable bonds is 9. The molecule has 0 aliphatic carbocycles. The van der Waals surface area contributed by atoms with Crippen molar-refractivity contribution in [2.24, 2.45) is 5.10 Å². The van der Waals surface area contributed by atoms with Gasteiger partial charge in [-0.2, -0.15) is 5.10 Å². The fourth-order valence-corrected chi connectivity index (χ4v) is 4.01. The first-order valence-electron chi connectivity index (χ1n) is 11.1. The summed E-state index contributed by atoms with van der Waals surface area (Å²) in [5, 5.41) is 7.03. The van der Waals surface area contributed by atoms with E-state index >= 15 is 0 Å². The van der Waals surface area contributed by atoms with Gasteiger partial charge in [-0.1, -0.05) is 17.7 Å². The molecule has 3 rings (SSSR count). The molecule has 0 unspecified atom stereocenters. The second-order valence-electron chi connectivity index (χ2n) is 7.88. The molecule has 1 aromatic heterocycles. The van der Waals surface area contributed by atoms with Gasteiger partial charge in [0.2, 0.25) is 0 Å². The van der Waals surface area contributed by atoms with Crippen molar-refractivity contribution in [3.05, 3.63) is 70.0 Å². The lowest BCUT2D eigenvalue weighted by molar-refractivity contribution is -0.139. The summed E-state index contributed by atoms with van der Waals surface area (Å²) < 4.78 is 17.7. The van der Waals surface area contributed by atoms with Gasteiger partial charge in [-0.15, -0.1) is 0 Å². The van der Waals surface area contributed by atoms with Crippen LogP contribution in [-0.2, 0) is 16.0 Å². The van der Waals surface area contributed by atoms with Gasteiger partial charge in [-0.25, -0.2) is 5.43 Å². The van der Waals surface area contributed by atoms with Crippen molar-refractivity contribution in [2.45, 2.75) is 20.3 Å². The van der Waals surface area contributed by atoms with E-state index in [4.69, 9.17) is 25.8 Å². The van der Waals surface area contributed by atoms with E-state index in [0.29, 0.717) is 28.7 Å². The molecule has 0 spiro atoms. The number of hydrazone groups is 1. The van der Waals surface area contributed by atoms with Crippen LogP contribution in [0.15, 0.2) is 47.6 Å². The van der Waals surface area contributed by atoms with Crippen LogP contribution in [0.3, 0.4) is 0 Å². The van der Waals surface area contributed by atoms with E-state index in [9.17, 15) is 9.59 Å². The summed E-state index contributed by atoms with van der Waals surface area (Å²) in [5.74, 6) is 0.189. The van der Waals surface area contributed by atoms with E-state index in [1.807, 2.05) is 48.7 Å². The molecular formula is C26H29ClN4O5. The van der Waals surface area contributed by atoms with Gasteiger partial charge in [0.05, 0.1) is 32.6 Å². The number of ether oxygens (including phenoxy) is 3. The third kappa shape index (κ3) is 6.17. The van der Waals surface area contributed by atoms with Gasteiger partial charge in [0.25, 0.3) is 0 Å². The molecule has 36 heavy (non-hydrogen) atoms. The first kappa shape index (κ1) is 26.6. The van der Waals surface area contributed by atoms with Crippen molar-refractivity contribution in [1.82, 2.24) is 15.3 Å². The SMILES string of the molecule is COc1ccc(-n2c(C)cc(/C=N\NC(=O)C(=O)NCCc3ccc(OC)c(OC)c3)c2C)cc1Cl. The Balaban J connectivity index is 1.56. The lowest BCUT2D eigenvalue weighted by Gasteiger charge is -2.11. The van der Waals surface area contributed by atoms with E-state index in [0.717, 1.165) is 28.2 Å². The largest absolute Gasteiger partial charge is 0.495 e. The third-order valence-electron chi connectivity index (χ3n) is 5.59. The van der Waals surface area contributed by atoms with Gasteiger partial charge < -0.3 is 24.1 Å². The molecule has 0 aliphatic rings. The van der Waals surface area contributed by atoms with Crippen LogP contribution in [0.4, 0.5) is 0 Å². The number of hydrogen-bond donors (Lipinski definition) is 2. The minimum Gasteiger partial charge on any atom is -0.495 e. The molecule has 2 aromatic carbocycles. The zero-order valence-corrected chi connectivity index (χ0v) is 21.6. The van der Waals surface area contributed by atoms with Crippen molar-refractivity contribution in [3.8, 4) is 22.9 Å². The quantitative estimate of drug-likeness (QED) is 0.259. The monoisotopic (exact) mass is 512 g/mol. The number of nitrogens with zero attached hydrogens (tertiary/aromatic N) is 2. The third-order valence-corrected chi connectivity index (χ3v) is 5.88. The molecule has 0 radical (unpaired) electrons.